The van der Waals surface area contributed by atoms with E-state index in [4.69, 9.17) is 11.6 Å². The van der Waals surface area contributed by atoms with Crippen LogP contribution >= 0.6 is 11.6 Å². The molecular weight excluding hydrogens is 238 g/mol. The zero-order valence-electron chi connectivity index (χ0n) is 9.74. The molecular formula is C13H16ClNO2. The second-order valence-electron chi connectivity index (χ2n) is 4.45. The first kappa shape index (κ1) is 12.6. The fourth-order valence-electron chi connectivity index (χ4n) is 2.50. The van der Waals surface area contributed by atoms with Crippen molar-refractivity contribution >= 4 is 17.4 Å². The molecule has 0 aromatic heterocycles. The Kier molecular flexibility index (Phi) is 3.52. The topological polar surface area (TPSA) is 49.3 Å². The number of aliphatic hydroxyl groups is 1. The molecule has 1 aliphatic rings. The maximum absolute atomic E-state index is 12.2. The summed E-state index contributed by atoms with van der Waals surface area (Å²) in [5.41, 5.74) is 0.0680. The van der Waals surface area contributed by atoms with Crippen LogP contribution in [0.3, 0.4) is 0 Å². The van der Waals surface area contributed by atoms with E-state index in [2.05, 4.69) is 5.32 Å². The van der Waals surface area contributed by atoms with Gasteiger partial charge in [-0.3, -0.25) is 4.79 Å². The zero-order chi connectivity index (χ0) is 12.5. The van der Waals surface area contributed by atoms with Gasteiger partial charge in [-0.2, -0.15) is 0 Å². The van der Waals surface area contributed by atoms with E-state index in [-0.39, 0.29) is 12.2 Å². The number of Topliss-reactive ketones (excluding diaryl/α,β-unsaturated/α-hetero) is 1. The Morgan fingerprint density at radius 1 is 1.47 bits per heavy atom. The lowest BCUT2D eigenvalue weighted by molar-refractivity contribution is -0.131. The molecule has 17 heavy (non-hydrogen) atoms. The molecule has 1 saturated carbocycles. The van der Waals surface area contributed by atoms with E-state index in [1.807, 2.05) is 18.2 Å². The summed E-state index contributed by atoms with van der Waals surface area (Å²) in [5.74, 6) is 0.00634. The van der Waals surface area contributed by atoms with Crippen molar-refractivity contribution < 1.29 is 9.90 Å². The lowest BCUT2D eigenvalue weighted by Gasteiger charge is -2.38. The number of likely N-dealkylation sites (N-methyl/N-ethyl adjacent to an activating group) is 1. The van der Waals surface area contributed by atoms with Gasteiger partial charge in [0.05, 0.1) is 6.10 Å². The Morgan fingerprint density at radius 2 is 2.18 bits per heavy atom. The molecule has 0 saturated heterocycles. The Labute approximate surface area is 106 Å². The number of aliphatic hydroxyl groups excluding tert-OH is 1. The molecule has 1 aliphatic carbocycles. The van der Waals surface area contributed by atoms with Gasteiger partial charge in [-0.1, -0.05) is 29.8 Å². The van der Waals surface area contributed by atoms with E-state index in [0.29, 0.717) is 17.9 Å². The molecule has 1 aromatic rings. The van der Waals surface area contributed by atoms with Gasteiger partial charge in [0.1, 0.15) is 5.54 Å². The van der Waals surface area contributed by atoms with Gasteiger partial charge in [-0.05, 0) is 31.5 Å². The molecule has 3 nitrogen and oxygen atoms in total. The number of halogens is 1. The molecule has 0 aliphatic heterocycles. The molecule has 0 bridgehead atoms. The van der Waals surface area contributed by atoms with Crippen LogP contribution in [0.5, 0.6) is 0 Å². The molecule has 2 rings (SSSR count). The average Bonchev–Trinajstić information content (AvgIpc) is 2.31. The number of nitrogens with one attached hydrogen (secondary N) is 1. The summed E-state index contributed by atoms with van der Waals surface area (Å²) in [4.78, 5) is 12.2. The first-order valence-electron chi connectivity index (χ1n) is 5.75. The summed E-state index contributed by atoms with van der Waals surface area (Å²) in [6.07, 6.45) is 0.850. The Bertz CT molecular complexity index is 435. The predicted octanol–water partition coefficient (Wildman–Crippen LogP) is 1.87. The van der Waals surface area contributed by atoms with Crippen LogP contribution in [0.2, 0.25) is 5.02 Å². The van der Waals surface area contributed by atoms with Crippen LogP contribution in [-0.4, -0.2) is 24.0 Å². The normalized spacial score (nSPS) is 29.4. The van der Waals surface area contributed by atoms with E-state index >= 15 is 0 Å². The lowest BCUT2D eigenvalue weighted by atomic mass is 9.74. The summed E-state index contributed by atoms with van der Waals surface area (Å²) >= 11 is 6.17. The van der Waals surface area contributed by atoms with Crippen molar-refractivity contribution in [3.05, 3.63) is 34.9 Å². The SMILES string of the molecule is CNC1(c2ccccc2Cl)CCC(O)CC1=O. The monoisotopic (exact) mass is 253 g/mol. The number of carbonyl (C=O) groups excluding carboxylic acids is 1. The second-order valence-corrected chi connectivity index (χ2v) is 4.86. The second kappa shape index (κ2) is 4.77. The highest BCUT2D eigenvalue weighted by Crippen LogP contribution is 2.37. The highest BCUT2D eigenvalue weighted by Gasteiger charge is 2.43. The van der Waals surface area contributed by atoms with Crippen molar-refractivity contribution in [3.63, 3.8) is 0 Å². The molecule has 2 atom stereocenters. The standard InChI is InChI=1S/C13H16ClNO2/c1-15-13(7-6-9(16)8-12(13)17)10-4-2-3-5-11(10)14/h2-5,9,15-16H,6-8H2,1H3. The minimum Gasteiger partial charge on any atom is -0.393 e. The molecule has 0 radical (unpaired) electrons. The third-order valence-electron chi connectivity index (χ3n) is 3.51. The fraction of sp³-hybridized carbons (Fsp3) is 0.462. The molecule has 92 valence electrons. The summed E-state index contributed by atoms with van der Waals surface area (Å²) in [6.45, 7) is 0. The molecule has 1 aromatic carbocycles. The van der Waals surface area contributed by atoms with E-state index in [1.54, 1.807) is 13.1 Å². The highest BCUT2D eigenvalue weighted by molar-refractivity contribution is 6.31. The van der Waals surface area contributed by atoms with E-state index in [1.165, 1.54) is 0 Å². The number of benzene rings is 1. The van der Waals surface area contributed by atoms with Gasteiger partial charge in [0, 0.05) is 11.4 Å². The summed E-state index contributed by atoms with van der Waals surface area (Å²) in [7, 11) is 1.76. The van der Waals surface area contributed by atoms with Gasteiger partial charge in [0.15, 0.2) is 5.78 Å². The van der Waals surface area contributed by atoms with Crippen molar-refractivity contribution in [1.82, 2.24) is 5.32 Å². The minimum absolute atomic E-state index is 0.00634. The molecule has 0 amide bonds. The van der Waals surface area contributed by atoms with Gasteiger partial charge in [-0.15, -0.1) is 0 Å². The third-order valence-corrected chi connectivity index (χ3v) is 3.84. The summed E-state index contributed by atoms with van der Waals surface area (Å²) < 4.78 is 0. The number of carbonyl (C=O) groups is 1. The maximum Gasteiger partial charge on any atom is 0.160 e. The molecule has 2 unspecified atom stereocenters. The van der Waals surface area contributed by atoms with Gasteiger partial charge < -0.3 is 10.4 Å². The largest absolute Gasteiger partial charge is 0.393 e. The number of hydrogen-bond acceptors (Lipinski definition) is 3. The van der Waals surface area contributed by atoms with Crippen LogP contribution < -0.4 is 5.32 Å². The molecule has 2 N–H and O–H groups in total. The Hall–Kier alpha value is -0.900. The average molecular weight is 254 g/mol. The smallest absolute Gasteiger partial charge is 0.160 e. The van der Waals surface area contributed by atoms with Crippen LogP contribution in [0.15, 0.2) is 24.3 Å². The highest BCUT2D eigenvalue weighted by atomic mass is 35.5. The van der Waals surface area contributed by atoms with Crippen molar-refractivity contribution in [3.8, 4) is 0 Å². The van der Waals surface area contributed by atoms with Gasteiger partial charge in [0.25, 0.3) is 0 Å². The number of ketones is 1. The van der Waals surface area contributed by atoms with Gasteiger partial charge >= 0.3 is 0 Å². The van der Waals surface area contributed by atoms with Gasteiger partial charge in [0.2, 0.25) is 0 Å². The minimum atomic E-state index is -0.739. The van der Waals surface area contributed by atoms with Crippen LogP contribution in [0.4, 0.5) is 0 Å². The van der Waals surface area contributed by atoms with Crippen molar-refractivity contribution in [2.45, 2.75) is 30.9 Å². The van der Waals surface area contributed by atoms with Crippen molar-refractivity contribution in [1.29, 1.82) is 0 Å². The summed E-state index contributed by atoms with van der Waals surface area (Å²) in [5, 5.41) is 13.2. The zero-order valence-corrected chi connectivity index (χ0v) is 10.5. The van der Waals surface area contributed by atoms with Gasteiger partial charge in [-0.25, -0.2) is 0 Å². The van der Waals surface area contributed by atoms with E-state index in [9.17, 15) is 9.90 Å². The molecule has 0 heterocycles. The quantitative estimate of drug-likeness (QED) is 0.846. The van der Waals surface area contributed by atoms with Crippen LogP contribution in [-0.2, 0) is 10.3 Å². The first-order valence-corrected chi connectivity index (χ1v) is 6.13. The number of hydrogen-bond donors (Lipinski definition) is 2. The Balaban J connectivity index is 2.45. The first-order chi connectivity index (χ1) is 8.10. The summed E-state index contributed by atoms with van der Waals surface area (Å²) in [6, 6.07) is 7.37. The number of rotatable bonds is 2. The molecule has 1 fully saturated rings. The molecule has 0 spiro atoms. The predicted molar refractivity (Wildman–Crippen MR) is 67.1 cm³/mol. The van der Waals surface area contributed by atoms with E-state index < -0.39 is 11.6 Å². The van der Waals surface area contributed by atoms with Crippen molar-refractivity contribution in [2.24, 2.45) is 0 Å². The lowest BCUT2D eigenvalue weighted by Crippen LogP contribution is -2.51. The van der Waals surface area contributed by atoms with E-state index in [0.717, 1.165) is 5.56 Å². The Morgan fingerprint density at radius 3 is 2.76 bits per heavy atom. The van der Waals surface area contributed by atoms with Crippen LogP contribution in [0.25, 0.3) is 0 Å². The third kappa shape index (κ3) is 2.10. The van der Waals surface area contributed by atoms with Crippen molar-refractivity contribution in [2.75, 3.05) is 7.05 Å². The maximum atomic E-state index is 12.2. The van der Waals surface area contributed by atoms with Crippen LogP contribution in [0.1, 0.15) is 24.8 Å². The fourth-order valence-corrected chi connectivity index (χ4v) is 2.80. The molecule has 4 heteroatoms. The van der Waals surface area contributed by atoms with Crippen LogP contribution in [0, 0.1) is 0 Å².